The Morgan fingerprint density at radius 3 is 2.15 bits per heavy atom. The molecule has 0 amide bonds. The number of pyridine rings is 1. The van der Waals surface area contributed by atoms with E-state index in [0.29, 0.717) is 0 Å². The summed E-state index contributed by atoms with van der Waals surface area (Å²) in [6, 6.07) is 8.43. The highest BCUT2D eigenvalue weighted by atomic mass is 32.1. The van der Waals surface area contributed by atoms with E-state index in [2.05, 4.69) is 59.5 Å². The van der Waals surface area contributed by atoms with Gasteiger partial charge < -0.3 is 19.4 Å². The molecule has 27 heavy (non-hydrogen) atoms. The molecule has 2 fully saturated rings. The third kappa shape index (κ3) is 3.30. The summed E-state index contributed by atoms with van der Waals surface area (Å²) in [6.07, 6.45) is 1.91. The Morgan fingerprint density at radius 1 is 0.778 bits per heavy atom. The van der Waals surface area contributed by atoms with Crippen LogP contribution in [0.5, 0.6) is 0 Å². The molecule has 7 nitrogen and oxygen atoms in total. The molecule has 5 heterocycles. The summed E-state index contributed by atoms with van der Waals surface area (Å²) in [5.74, 6) is 2.99. The normalized spacial score (nSPS) is 18.3. The SMILES string of the molecule is c1cc2sccc2c(N2CCN(c3ccc(N4CCOCC4)nn3)CC2)n1. The van der Waals surface area contributed by atoms with E-state index >= 15 is 0 Å². The van der Waals surface area contributed by atoms with Gasteiger partial charge in [0.15, 0.2) is 11.6 Å². The molecule has 140 valence electrons. The summed E-state index contributed by atoms with van der Waals surface area (Å²) >= 11 is 1.77. The Balaban J connectivity index is 1.26. The van der Waals surface area contributed by atoms with Crippen LogP contribution in [-0.2, 0) is 4.74 Å². The van der Waals surface area contributed by atoms with Crippen LogP contribution < -0.4 is 14.7 Å². The van der Waals surface area contributed by atoms with E-state index in [-0.39, 0.29) is 0 Å². The van der Waals surface area contributed by atoms with Crippen LogP contribution in [0.1, 0.15) is 0 Å². The highest BCUT2D eigenvalue weighted by Crippen LogP contribution is 2.29. The maximum Gasteiger partial charge on any atom is 0.151 e. The first-order valence-electron chi connectivity index (χ1n) is 9.37. The summed E-state index contributed by atoms with van der Waals surface area (Å²) in [5, 5.41) is 12.3. The van der Waals surface area contributed by atoms with Crippen LogP contribution in [0.15, 0.2) is 35.8 Å². The maximum atomic E-state index is 5.40. The van der Waals surface area contributed by atoms with Crippen LogP contribution in [0.3, 0.4) is 0 Å². The number of morpholine rings is 1. The van der Waals surface area contributed by atoms with Gasteiger partial charge in [-0.2, -0.15) is 0 Å². The first-order valence-corrected chi connectivity index (χ1v) is 10.2. The van der Waals surface area contributed by atoms with E-state index in [4.69, 9.17) is 4.74 Å². The average Bonchev–Trinajstić information content (AvgIpc) is 3.24. The molecule has 0 spiro atoms. The average molecular weight is 382 g/mol. The lowest BCUT2D eigenvalue weighted by molar-refractivity contribution is 0.122. The van der Waals surface area contributed by atoms with Gasteiger partial charge in [-0.3, -0.25) is 0 Å². The Hall–Kier alpha value is -2.45. The molecule has 0 aliphatic carbocycles. The van der Waals surface area contributed by atoms with Crippen LogP contribution in [0.2, 0.25) is 0 Å². The van der Waals surface area contributed by atoms with E-state index < -0.39 is 0 Å². The lowest BCUT2D eigenvalue weighted by Gasteiger charge is -2.36. The Kier molecular flexibility index (Phi) is 4.51. The van der Waals surface area contributed by atoms with E-state index in [1.807, 2.05) is 6.20 Å². The summed E-state index contributed by atoms with van der Waals surface area (Å²) in [7, 11) is 0. The van der Waals surface area contributed by atoms with Crippen molar-refractivity contribution < 1.29 is 4.74 Å². The van der Waals surface area contributed by atoms with E-state index in [0.717, 1.165) is 69.9 Å². The molecule has 2 saturated heterocycles. The second-order valence-corrected chi connectivity index (χ2v) is 7.74. The number of fused-ring (bicyclic) bond motifs is 1. The van der Waals surface area contributed by atoms with Gasteiger partial charge in [0.1, 0.15) is 5.82 Å². The predicted molar refractivity (Wildman–Crippen MR) is 109 cm³/mol. The lowest BCUT2D eigenvalue weighted by atomic mass is 10.2. The van der Waals surface area contributed by atoms with Crippen LogP contribution in [-0.4, -0.2) is 67.7 Å². The minimum Gasteiger partial charge on any atom is -0.378 e. The van der Waals surface area contributed by atoms with Gasteiger partial charge in [0, 0.05) is 55.6 Å². The van der Waals surface area contributed by atoms with E-state index in [1.165, 1.54) is 10.1 Å². The summed E-state index contributed by atoms with van der Waals surface area (Å²) < 4.78 is 6.70. The minimum atomic E-state index is 0.760. The minimum absolute atomic E-state index is 0.760. The van der Waals surface area contributed by atoms with Gasteiger partial charge in [0.25, 0.3) is 0 Å². The molecule has 3 aromatic heterocycles. The number of hydrogen-bond acceptors (Lipinski definition) is 8. The van der Waals surface area contributed by atoms with Crippen molar-refractivity contribution in [3.05, 3.63) is 35.8 Å². The van der Waals surface area contributed by atoms with Gasteiger partial charge in [-0.05, 0) is 29.6 Å². The van der Waals surface area contributed by atoms with Gasteiger partial charge in [-0.1, -0.05) is 0 Å². The van der Waals surface area contributed by atoms with Crippen molar-refractivity contribution in [3.8, 4) is 0 Å². The van der Waals surface area contributed by atoms with E-state index in [1.54, 1.807) is 11.3 Å². The van der Waals surface area contributed by atoms with E-state index in [9.17, 15) is 0 Å². The molecule has 3 aromatic rings. The van der Waals surface area contributed by atoms with Crippen molar-refractivity contribution in [2.45, 2.75) is 0 Å². The molecule has 2 aliphatic rings. The van der Waals surface area contributed by atoms with Gasteiger partial charge in [-0.15, -0.1) is 21.5 Å². The molecule has 0 N–H and O–H groups in total. The molecule has 0 atom stereocenters. The number of anilines is 3. The summed E-state index contributed by atoms with van der Waals surface area (Å²) in [6.45, 7) is 7.01. The summed E-state index contributed by atoms with van der Waals surface area (Å²) in [4.78, 5) is 11.5. The third-order valence-corrected chi connectivity index (χ3v) is 6.12. The number of nitrogens with zero attached hydrogens (tertiary/aromatic N) is 6. The predicted octanol–water partition coefficient (Wildman–Crippen LogP) is 2.25. The Morgan fingerprint density at radius 2 is 1.44 bits per heavy atom. The second-order valence-electron chi connectivity index (χ2n) is 6.79. The third-order valence-electron chi connectivity index (χ3n) is 5.23. The summed E-state index contributed by atoms with van der Waals surface area (Å²) in [5.41, 5.74) is 0. The quantitative estimate of drug-likeness (QED) is 0.689. The highest BCUT2D eigenvalue weighted by Gasteiger charge is 2.21. The Bertz CT molecular complexity index is 900. The fourth-order valence-corrected chi connectivity index (χ4v) is 4.50. The van der Waals surface area contributed by atoms with Gasteiger partial charge in [0.05, 0.1) is 13.2 Å². The lowest BCUT2D eigenvalue weighted by Crippen LogP contribution is -2.47. The number of piperazine rings is 1. The van der Waals surface area contributed by atoms with Crippen molar-refractivity contribution in [1.82, 2.24) is 15.2 Å². The van der Waals surface area contributed by atoms with Crippen molar-refractivity contribution in [2.75, 3.05) is 67.2 Å². The number of thiophene rings is 1. The largest absolute Gasteiger partial charge is 0.378 e. The standard InChI is InChI=1S/C19H22N6OS/c1-2-18(24-10-12-26-13-11-24)22-21-17(1)23-6-8-25(9-7-23)19-15-4-14-27-16(15)3-5-20-19/h1-5,14H,6-13H2. The zero-order chi connectivity index (χ0) is 18.1. The monoisotopic (exact) mass is 382 g/mol. The zero-order valence-electron chi connectivity index (χ0n) is 15.1. The molecule has 0 unspecified atom stereocenters. The van der Waals surface area contributed by atoms with Crippen LogP contribution in [0.4, 0.5) is 17.5 Å². The topological polar surface area (TPSA) is 57.6 Å². The molecule has 0 bridgehead atoms. The zero-order valence-corrected chi connectivity index (χ0v) is 15.9. The number of ether oxygens (including phenoxy) is 1. The van der Waals surface area contributed by atoms with Gasteiger partial charge in [0.2, 0.25) is 0 Å². The second kappa shape index (κ2) is 7.28. The fraction of sp³-hybridized carbons (Fsp3) is 0.421. The van der Waals surface area contributed by atoms with Crippen molar-refractivity contribution in [3.63, 3.8) is 0 Å². The van der Waals surface area contributed by atoms with Gasteiger partial charge >= 0.3 is 0 Å². The smallest absolute Gasteiger partial charge is 0.151 e. The highest BCUT2D eigenvalue weighted by molar-refractivity contribution is 7.17. The number of hydrogen-bond donors (Lipinski definition) is 0. The molecule has 0 saturated carbocycles. The Labute approximate surface area is 162 Å². The van der Waals surface area contributed by atoms with Crippen molar-refractivity contribution in [2.24, 2.45) is 0 Å². The van der Waals surface area contributed by atoms with Crippen molar-refractivity contribution in [1.29, 1.82) is 0 Å². The molecule has 2 aliphatic heterocycles. The molecular weight excluding hydrogens is 360 g/mol. The molecule has 0 aromatic carbocycles. The molecular formula is C19H22N6OS. The fourth-order valence-electron chi connectivity index (χ4n) is 3.73. The molecule has 0 radical (unpaired) electrons. The maximum absolute atomic E-state index is 5.40. The first kappa shape index (κ1) is 16.7. The van der Waals surface area contributed by atoms with Crippen molar-refractivity contribution >= 4 is 38.9 Å². The number of aromatic nitrogens is 3. The van der Waals surface area contributed by atoms with Crippen LogP contribution in [0, 0.1) is 0 Å². The van der Waals surface area contributed by atoms with Crippen LogP contribution in [0.25, 0.3) is 10.1 Å². The number of rotatable bonds is 3. The molecule has 8 heteroatoms. The first-order chi connectivity index (χ1) is 13.4. The van der Waals surface area contributed by atoms with Gasteiger partial charge in [-0.25, -0.2) is 4.98 Å². The van der Waals surface area contributed by atoms with Crippen LogP contribution >= 0.6 is 11.3 Å². The molecule has 5 rings (SSSR count).